The second-order valence-electron chi connectivity index (χ2n) is 4.96. The predicted octanol–water partition coefficient (Wildman–Crippen LogP) is 5.26. The van der Waals surface area contributed by atoms with Gasteiger partial charge in [0.25, 0.3) is 0 Å². The first-order valence-electron chi connectivity index (χ1n) is 6.31. The number of benzene rings is 2. The third-order valence-electron chi connectivity index (χ3n) is 3.07. The highest BCUT2D eigenvalue weighted by atomic mass is 79.9. The Kier molecular flexibility index (Phi) is 4.15. The number of ether oxygens (including phenoxy) is 1. The lowest BCUT2D eigenvalue weighted by molar-refractivity contribution is 0.484. The van der Waals surface area contributed by atoms with Gasteiger partial charge in [0.15, 0.2) is 5.75 Å². The van der Waals surface area contributed by atoms with Crippen LogP contribution in [0.5, 0.6) is 11.5 Å². The molecule has 0 radical (unpaired) electrons. The molecule has 19 heavy (non-hydrogen) atoms. The van der Waals surface area contributed by atoms with Gasteiger partial charge in [0.05, 0.1) is 5.69 Å². The van der Waals surface area contributed by atoms with E-state index in [1.165, 1.54) is 11.1 Å². The highest BCUT2D eigenvalue weighted by Crippen LogP contribution is 2.32. The summed E-state index contributed by atoms with van der Waals surface area (Å²) in [6.07, 6.45) is 0. The van der Waals surface area contributed by atoms with Crippen molar-refractivity contribution in [2.75, 3.05) is 5.73 Å². The van der Waals surface area contributed by atoms with Crippen LogP contribution in [0, 0.1) is 6.92 Å². The molecule has 2 rings (SSSR count). The minimum Gasteiger partial charge on any atom is -0.455 e. The van der Waals surface area contributed by atoms with Crippen LogP contribution in [0.1, 0.15) is 30.9 Å². The molecule has 100 valence electrons. The Hall–Kier alpha value is -1.48. The zero-order valence-electron chi connectivity index (χ0n) is 11.4. The van der Waals surface area contributed by atoms with E-state index in [9.17, 15) is 0 Å². The molecule has 0 atom stereocenters. The lowest BCUT2D eigenvalue weighted by atomic mass is 9.98. The fourth-order valence-corrected chi connectivity index (χ4v) is 2.42. The zero-order chi connectivity index (χ0) is 14.0. The summed E-state index contributed by atoms with van der Waals surface area (Å²) in [6.45, 7) is 6.48. The molecule has 0 aliphatic heterocycles. The maximum absolute atomic E-state index is 5.91. The van der Waals surface area contributed by atoms with Crippen molar-refractivity contribution in [1.82, 2.24) is 0 Å². The Labute approximate surface area is 122 Å². The maximum Gasteiger partial charge on any atom is 0.151 e. The van der Waals surface area contributed by atoms with Gasteiger partial charge < -0.3 is 10.5 Å². The molecule has 0 heterocycles. The molecule has 0 fully saturated rings. The summed E-state index contributed by atoms with van der Waals surface area (Å²) in [5.74, 6) is 2.00. The lowest BCUT2D eigenvalue weighted by Gasteiger charge is -2.13. The van der Waals surface area contributed by atoms with Crippen molar-refractivity contribution >= 4 is 21.6 Å². The number of halogens is 1. The minimum atomic E-state index is 0.519. The van der Waals surface area contributed by atoms with Crippen molar-refractivity contribution in [3.8, 4) is 11.5 Å². The van der Waals surface area contributed by atoms with Gasteiger partial charge in [-0.3, -0.25) is 0 Å². The largest absolute Gasteiger partial charge is 0.455 e. The van der Waals surface area contributed by atoms with Crippen LogP contribution in [0.25, 0.3) is 0 Å². The summed E-state index contributed by atoms with van der Waals surface area (Å²) in [7, 11) is 0. The quantitative estimate of drug-likeness (QED) is 0.783. The highest BCUT2D eigenvalue weighted by Gasteiger charge is 2.07. The van der Waals surface area contributed by atoms with Gasteiger partial charge in [-0.25, -0.2) is 0 Å². The fraction of sp³-hybridized carbons (Fsp3) is 0.250. The molecular formula is C16H18BrNO. The van der Waals surface area contributed by atoms with Crippen molar-refractivity contribution in [2.24, 2.45) is 0 Å². The smallest absolute Gasteiger partial charge is 0.151 e. The third kappa shape index (κ3) is 3.29. The molecule has 0 aromatic heterocycles. The van der Waals surface area contributed by atoms with Crippen LogP contribution in [0.15, 0.2) is 40.9 Å². The lowest BCUT2D eigenvalue weighted by Crippen LogP contribution is -1.95. The van der Waals surface area contributed by atoms with E-state index in [2.05, 4.69) is 48.8 Å². The van der Waals surface area contributed by atoms with E-state index >= 15 is 0 Å². The van der Waals surface area contributed by atoms with Crippen molar-refractivity contribution in [3.05, 3.63) is 52.0 Å². The maximum atomic E-state index is 5.91. The molecule has 3 heteroatoms. The first kappa shape index (κ1) is 13.9. The van der Waals surface area contributed by atoms with Crippen LogP contribution in [-0.4, -0.2) is 0 Å². The van der Waals surface area contributed by atoms with E-state index in [1.807, 2.05) is 24.3 Å². The summed E-state index contributed by atoms with van der Waals surface area (Å²) in [5, 5.41) is 0. The molecule has 0 unspecified atom stereocenters. The van der Waals surface area contributed by atoms with Gasteiger partial charge in [-0.2, -0.15) is 0 Å². The Morgan fingerprint density at radius 2 is 1.84 bits per heavy atom. The van der Waals surface area contributed by atoms with Gasteiger partial charge in [-0.15, -0.1) is 0 Å². The molecule has 0 saturated carbocycles. The van der Waals surface area contributed by atoms with E-state index in [0.717, 1.165) is 10.2 Å². The van der Waals surface area contributed by atoms with E-state index < -0.39 is 0 Å². The molecule has 2 nitrogen and oxygen atoms in total. The summed E-state index contributed by atoms with van der Waals surface area (Å²) in [5.41, 5.74) is 9.12. The standard InChI is InChI=1S/C16H18BrNO/c1-10(2)14-6-5-13(8-11(14)3)19-16-9-12(17)4-7-15(16)18/h4-10H,18H2,1-3H3. The van der Waals surface area contributed by atoms with Crippen LogP contribution < -0.4 is 10.5 Å². The molecule has 0 spiro atoms. The number of rotatable bonds is 3. The number of hydrogen-bond acceptors (Lipinski definition) is 2. The van der Waals surface area contributed by atoms with Crippen LogP contribution in [0.2, 0.25) is 0 Å². The van der Waals surface area contributed by atoms with Gasteiger partial charge >= 0.3 is 0 Å². The predicted molar refractivity (Wildman–Crippen MR) is 83.9 cm³/mol. The van der Waals surface area contributed by atoms with Crippen LogP contribution in [-0.2, 0) is 0 Å². The van der Waals surface area contributed by atoms with Gasteiger partial charge in [-0.05, 0) is 54.3 Å². The average Bonchev–Trinajstić information content (AvgIpc) is 2.33. The number of nitrogens with two attached hydrogens (primary N) is 1. The highest BCUT2D eigenvalue weighted by molar-refractivity contribution is 9.10. The molecule has 0 saturated heterocycles. The second-order valence-corrected chi connectivity index (χ2v) is 5.87. The fourth-order valence-electron chi connectivity index (χ4n) is 2.08. The van der Waals surface area contributed by atoms with Gasteiger partial charge in [0.2, 0.25) is 0 Å². The Balaban J connectivity index is 2.29. The number of aryl methyl sites for hydroxylation is 1. The molecule has 0 aliphatic rings. The monoisotopic (exact) mass is 319 g/mol. The van der Waals surface area contributed by atoms with E-state index in [1.54, 1.807) is 0 Å². The first-order valence-corrected chi connectivity index (χ1v) is 7.10. The molecule has 2 aromatic carbocycles. The Bertz CT molecular complexity index is 593. The Morgan fingerprint density at radius 1 is 1.11 bits per heavy atom. The summed E-state index contributed by atoms with van der Waals surface area (Å²) in [4.78, 5) is 0. The normalized spacial score (nSPS) is 10.8. The van der Waals surface area contributed by atoms with Crippen molar-refractivity contribution in [3.63, 3.8) is 0 Å². The minimum absolute atomic E-state index is 0.519. The van der Waals surface area contributed by atoms with Crippen molar-refractivity contribution in [1.29, 1.82) is 0 Å². The van der Waals surface area contributed by atoms with Gasteiger partial charge in [0, 0.05) is 4.47 Å². The molecule has 0 aliphatic carbocycles. The van der Waals surface area contributed by atoms with Crippen LogP contribution in [0.4, 0.5) is 5.69 Å². The average molecular weight is 320 g/mol. The molecular weight excluding hydrogens is 302 g/mol. The van der Waals surface area contributed by atoms with E-state index in [4.69, 9.17) is 10.5 Å². The summed E-state index contributed by atoms with van der Waals surface area (Å²) >= 11 is 3.42. The first-order chi connectivity index (χ1) is 8.97. The van der Waals surface area contributed by atoms with Crippen LogP contribution >= 0.6 is 15.9 Å². The van der Waals surface area contributed by atoms with E-state index in [-0.39, 0.29) is 0 Å². The molecule has 2 aromatic rings. The zero-order valence-corrected chi connectivity index (χ0v) is 13.0. The SMILES string of the molecule is Cc1cc(Oc2cc(Br)ccc2N)ccc1C(C)C. The Morgan fingerprint density at radius 3 is 2.47 bits per heavy atom. The van der Waals surface area contributed by atoms with Gasteiger partial charge in [0.1, 0.15) is 5.75 Å². The molecule has 0 amide bonds. The third-order valence-corrected chi connectivity index (χ3v) is 3.56. The van der Waals surface area contributed by atoms with Gasteiger partial charge in [-0.1, -0.05) is 35.8 Å². The van der Waals surface area contributed by atoms with E-state index in [0.29, 0.717) is 17.4 Å². The topological polar surface area (TPSA) is 35.2 Å². The second kappa shape index (κ2) is 5.66. The van der Waals surface area contributed by atoms with Crippen molar-refractivity contribution in [2.45, 2.75) is 26.7 Å². The molecule has 0 bridgehead atoms. The summed E-state index contributed by atoms with van der Waals surface area (Å²) < 4.78 is 6.80. The summed E-state index contributed by atoms with van der Waals surface area (Å²) in [6, 6.07) is 11.8. The number of nitrogen functional groups attached to an aromatic ring is 1. The number of anilines is 1. The number of hydrogen-bond donors (Lipinski definition) is 1. The van der Waals surface area contributed by atoms with Crippen LogP contribution in [0.3, 0.4) is 0 Å². The molecule has 2 N–H and O–H groups in total. The van der Waals surface area contributed by atoms with Crippen molar-refractivity contribution < 1.29 is 4.74 Å².